The van der Waals surface area contributed by atoms with Crippen LogP contribution in [0, 0.1) is 22.9 Å². The molecule has 0 fully saturated rings. The Hall–Kier alpha value is -2.77. The molecule has 19 heavy (non-hydrogen) atoms. The van der Waals surface area contributed by atoms with E-state index in [1.54, 1.807) is 13.0 Å². The quantitative estimate of drug-likeness (QED) is 0.654. The third-order valence-corrected chi connectivity index (χ3v) is 2.41. The van der Waals surface area contributed by atoms with Crippen molar-refractivity contribution in [1.82, 2.24) is 10.2 Å². The second-order valence-corrected chi connectivity index (χ2v) is 3.82. The zero-order chi connectivity index (χ0) is 14.0. The molecule has 0 saturated carbocycles. The van der Waals surface area contributed by atoms with E-state index in [9.17, 15) is 19.3 Å². The minimum Gasteiger partial charge on any atom is -0.318 e. The lowest BCUT2D eigenvalue weighted by atomic mass is 10.2. The second-order valence-electron chi connectivity index (χ2n) is 3.82. The minimum atomic E-state index is -0.825. The van der Waals surface area contributed by atoms with Gasteiger partial charge in [-0.1, -0.05) is 6.07 Å². The van der Waals surface area contributed by atoms with Gasteiger partial charge in [0.15, 0.2) is 0 Å². The SMILES string of the molecule is Cc1ccc(F)c(NC(=O)c2[nH]ncc2[N+](=O)[O-])c1. The molecule has 0 unspecified atom stereocenters. The molecule has 1 heterocycles. The highest BCUT2D eigenvalue weighted by atomic mass is 19.1. The number of H-pyrrole nitrogens is 1. The van der Waals surface area contributed by atoms with Gasteiger partial charge in [0.25, 0.3) is 5.91 Å². The molecule has 0 aliphatic rings. The van der Waals surface area contributed by atoms with Gasteiger partial charge in [0.1, 0.15) is 12.0 Å². The number of rotatable bonds is 3. The third-order valence-electron chi connectivity index (χ3n) is 2.41. The van der Waals surface area contributed by atoms with Crippen molar-refractivity contribution in [3.63, 3.8) is 0 Å². The van der Waals surface area contributed by atoms with Crippen molar-refractivity contribution >= 4 is 17.3 Å². The van der Waals surface area contributed by atoms with E-state index in [-0.39, 0.29) is 11.4 Å². The molecule has 0 saturated heterocycles. The molecule has 8 heteroatoms. The molecule has 0 aliphatic carbocycles. The van der Waals surface area contributed by atoms with Gasteiger partial charge in [0, 0.05) is 0 Å². The van der Waals surface area contributed by atoms with Gasteiger partial charge in [-0.25, -0.2) is 4.39 Å². The fourth-order valence-electron chi connectivity index (χ4n) is 1.51. The van der Waals surface area contributed by atoms with Crippen LogP contribution in [-0.2, 0) is 0 Å². The van der Waals surface area contributed by atoms with Crippen molar-refractivity contribution in [2.24, 2.45) is 0 Å². The highest BCUT2D eigenvalue weighted by Gasteiger charge is 2.23. The van der Waals surface area contributed by atoms with E-state index in [1.807, 2.05) is 0 Å². The van der Waals surface area contributed by atoms with Crippen LogP contribution >= 0.6 is 0 Å². The number of carbonyl (C=O) groups excluding carboxylic acids is 1. The number of benzene rings is 1. The fourth-order valence-corrected chi connectivity index (χ4v) is 1.51. The van der Waals surface area contributed by atoms with Crippen molar-refractivity contribution in [1.29, 1.82) is 0 Å². The Bertz CT molecular complexity index is 653. The number of hydrogen-bond acceptors (Lipinski definition) is 4. The van der Waals surface area contributed by atoms with Crippen molar-refractivity contribution in [2.45, 2.75) is 6.92 Å². The van der Waals surface area contributed by atoms with Gasteiger partial charge in [0.2, 0.25) is 5.69 Å². The van der Waals surface area contributed by atoms with Crippen LogP contribution in [0.4, 0.5) is 15.8 Å². The van der Waals surface area contributed by atoms with Gasteiger partial charge in [-0.05, 0) is 24.6 Å². The van der Waals surface area contributed by atoms with Crippen LogP contribution < -0.4 is 5.32 Å². The lowest BCUT2D eigenvalue weighted by molar-refractivity contribution is -0.385. The number of halogens is 1. The smallest absolute Gasteiger partial charge is 0.318 e. The summed E-state index contributed by atoms with van der Waals surface area (Å²) in [5.74, 6) is -1.45. The molecule has 2 aromatic rings. The van der Waals surface area contributed by atoms with Crippen LogP contribution in [0.3, 0.4) is 0 Å². The Morgan fingerprint density at radius 2 is 2.26 bits per heavy atom. The molecule has 0 atom stereocenters. The predicted octanol–water partition coefficient (Wildman–Crippen LogP) is 2.02. The highest BCUT2D eigenvalue weighted by molar-refractivity contribution is 6.05. The van der Waals surface area contributed by atoms with E-state index >= 15 is 0 Å². The predicted molar refractivity (Wildman–Crippen MR) is 64.3 cm³/mol. The molecule has 0 radical (unpaired) electrons. The van der Waals surface area contributed by atoms with Crippen molar-refractivity contribution < 1.29 is 14.1 Å². The molecular weight excluding hydrogens is 255 g/mol. The van der Waals surface area contributed by atoms with E-state index in [1.165, 1.54) is 12.1 Å². The van der Waals surface area contributed by atoms with Gasteiger partial charge < -0.3 is 5.32 Å². The van der Waals surface area contributed by atoms with Crippen LogP contribution in [-0.4, -0.2) is 21.0 Å². The molecule has 7 nitrogen and oxygen atoms in total. The Morgan fingerprint density at radius 1 is 1.53 bits per heavy atom. The van der Waals surface area contributed by atoms with E-state index < -0.39 is 22.3 Å². The van der Waals surface area contributed by atoms with Crippen LogP contribution in [0.25, 0.3) is 0 Å². The molecule has 0 aliphatic heterocycles. The summed E-state index contributed by atoms with van der Waals surface area (Å²) in [6, 6.07) is 4.17. The third kappa shape index (κ3) is 2.57. The van der Waals surface area contributed by atoms with Crippen LogP contribution in [0.15, 0.2) is 24.4 Å². The zero-order valence-electron chi connectivity index (χ0n) is 9.81. The standard InChI is InChI=1S/C11H9FN4O3/c1-6-2-3-7(12)8(4-6)14-11(17)10-9(16(18)19)5-13-15-10/h2-5H,1H3,(H,13,15)(H,14,17). The van der Waals surface area contributed by atoms with E-state index in [0.717, 1.165) is 11.8 Å². The molecule has 2 N–H and O–H groups in total. The van der Waals surface area contributed by atoms with Gasteiger partial charge in [-0.15, -0.1) is 0 Å². The zero-order valence-corrected chi connectivity index (χ0v) is 9.81. The molecule has 1 aromatic heterocycles. The average molecular weight is 264 g/mol. The van der Waals surface area contributed by atoms with Crippen molar-refractivity contribution in [3.8, 4) is 0 Å². The first-order valence-electron chi connectivity index (χ1n) is 5.24. The summed E-state index contributed by atoms with van der Waals surface area (Å²) in [6.45, 7) is 1.73. The maximum absolute atomic E-state index is 13.5. The van der Waals surface area contributed by atoms with E-state index in [2.05, 4.69) is 15.5 Å². The van der Waals surface area contributed by atoms with Gasteiger partial charge in [-0.3, -0.25) is 20.0 Å². The number of nitro groups is 1. The first kappa shape index (κ1) is 12.7. The Morgan fingerprint density at radius 3 is 2.95 bits per heavy atom. The summed E-state index contributed by atoms with van der Waals surface area (Å²) in [6.07, 6.45) is 0.918. The number of carbonyl (C=O) groups is 1. The molecule has 98 valence electrons. The minimum absolute atomic E-state index is 0.0473. The van der Waals surface area contributed by atoms with E-state index in [0.29, 0.717) is 0 Å². The molecule has 1 amide bonds. The number of aromatic nitrogens is 2. The largest absolute Gasteiger partial charge is 0.319 e. The van der Waals surface area contributed by atoms with Crippen LogP contribution in [0.1, 0.15) is 16.1 Å². The summed E-state index contributed by atoms with van der Waals surface area (Å²) in [5.41, 5.74) is -0.0961. The number of aromatic amines is 1. The van der Waals surface area contributed by atoms with E-state index in [4.69, 9.17) is 0 Å². The maximum Gasteiger partial charge on any atom is 0.319 e. The average Bonchev–Trinajstić information content (AvgIpc) is 2.83. The fraction of sp³-hybridized carbons (Fsp3) is 0.0909. The molecule has 0 spiro atoms. The molecule has 0 bridgehead atoms. The highest BCUT2D eigenvalue weighted by Crippen LogP contribution is 2.19. The number of aryl methyl sites for hydroxylation is 1. The number of nitrogens with one attached hydrogen (secondary N) is 2. The van der Waals surface area contributed by atoms with Gasteiger partial charge >= 0.3 is 5.69 Å². The normalized spacial score (nSPS) is 10.2. The Kier molecular flexibility index (Phi) is 3.23. The molecule has 2 rings (SSSR count). The Labute approximate surface area is 106 Å². The number of amides is 1. The van der Waals surface area contributed by atoms with Crippen LogP contribution in [0.2, 0.25) is 0 Å². The maximum atomic E-state index is 13.5. The number of hydrogen-bond donors (Lipinski definition) is 2. The van der Waals surface area contributed by atoms with Crippen molar-refractivity contribution in [3.05, 3.63) is 51.6 Å². The Balaban J connectivity index is 2.28. The van der Waals surface area contributed by atoms with Gasteiger partial charge in [0.05, 0.1) is 10.6 Å². The molecular formula is C11H9FN4O3. The van der Waals surface area contributed by atoms with Crippen LogP contribution in [0.5, 0.6) is 0 Å². The summed E-state index contributed by atoms with van der Waals surface area (Å²) in [7, 11) is 0. The first-order chi connectivity index (χ1) is 8.99. The topological polar surface area (TPSA) is 101 Å². The lowest BCUT2D eigenvalue weighted by Crippen LogP contribution is -2.15. The first-order valence-corrected chi connectivity index (χ1v) is 5.24. The summed E-state index contributed by atoms with van der Waals surface area (Å²) >= 11 is 0. The second kappa shape index (κ2) is 4.84. The molecule has 1 aromatic carbocycles. The summed E-state index contributed by atoms with van der Waals surface area (Å²) in [4.78, 5) is 21.7. The van der Waals surface area contributed by atoms with Gasteiger partial charge in [-0.2, -0.15) is 5.10 Å². The summed E-state index contributed by atoms with van der Waals surface area (Å²) in [5, 5.41) is 18.6. The van der Waals surface area contributed by atoms with Crippen molar-refractivity contribution in [2.75, 3.05) is 5.32 Å². The summed E-state index contributed by atoms with van der Waals surface area (Å²) < 4.78 is 13.5. The monoisotopic (exact) mass is 264 g/mol. The number of nitrogens with zero attached hydrogens (tertiary/aromatic N) is 2. The number of anilines is 1. The lowest BCUT2D eigenvalue weighted by Gasteiger charge is -2.05.